The van der Waals surface area contributed by atoms with Gasteiger partial charge in [0.2, 0.25) is 11.0 Å². The van der Waals surface area contributed by atoms with Crippen molar-refractivity contribution >= 4 is 23.5 Å². The van der Waals surface area contributed by atoms with E-state index in [-0.39, 0.29) is 0 Å². The van der Waals surface area contributed by atoms with Crippen molar-refractivity contribution in [2.45, 2.75) is 15.8 Å². The smallest absolute Gasteiger partial charge is 0.218 e. The molecule has 0 radical (unpaired) electrons. The summed E-state index contributed by atoms with van der Waals surface area (Å²) in [5, 5.41) is 8.84. The maximum atomic E-state index is 6.01. The van der Waals surface area contributed by atoms with Gasteiger partial charge in [0, 0.05) is 10.6 Å². The van der Waals surface area contributed by atoms with Gasteiger partial charge in [0.1, 0.15) is 0 Å². The fourth-order valence-electron chi connectivity index (χ4n) is 1.82. The first-order valence-electron chi connectivity index (χ1n) is 6.28. The van der Waals surface area contributed by atoms with Crippen LogP contribution in [0.5, 0.6) is 0 Å². The SMILES string of the molecule is CSc1ccc(CSc2nnc(-c3ccco3)n2N)cc1. The predicted molar refractivity (Wildman–Crippen MR) is 85.7 cm³/mol. The number of nitrogens with two attached hydrogens (primary N) is 1. The summed E-state index contributed by atoms with van der Waals surface area (Å²) in [6.45, 7) is 0. The lowest BCUT2D eigenvalue weighted by Crippen LogP contribution is -2.11. The summed E-state index contributed by atoms with van der Waals surface area (Å²) in [6.07, 6.45) is 3.65. The van der Waals surface area contributed by atoms with E-state index in [1.165, 1.54) is 15.1 Å². The van der Waals surface area contributed by atoms with E-state index in [1.807, 2.05) is 6.07 Å². The standard InChI is InChI=1S/C14H14N4OS2/c1-20-11-6-4-10(5-7-11)9-21-14-17-16-13(18(14)15)12-3-2-8-19-12/h2-8H,9,15H2,1H3. The summed E-state index contributed by atoms with van der Waals surface area (Å²) in [5.41, 5.74) is 1.22. The lowest BCUT2D eigenvalue weighted by Gasteiger charge is -2.03. The second-order valence-electron chi connectivity index (χ2n) is 4.29. The zero-order chi connectivity index (χ0) is 14.7. The van der Waals surface area contributed by atoms with Crippen molar-refractivity contribution in [1.29, 1.82) is 0 Å². The summed E-state index contributed by atoms with van der Waals surface area (Å²) in [4.78, 5) is 1.26. The van der Waals surface area contributed by atoms with E-state index in [0.717, 1.165) is 5.75 Å². The van der Waals surface area contributed by atoms with Crippen LogP contribution in [0, 0.1) is 0 Å². The largest absolute Gasteiger partial charge is 0.461 e. The lowest BCUT2D eigenvalue weighted by molar-refractivity contribution is 0.574. The van der Waals surface area contributed by atoms with Gasteiger partial charge in [-0.3, -0.25) is 0 Å². The van der Waals surface area contributed by atoms with Crippen molar-refractivity contribution in [3.05, 3.63) is 48.2 Å². The Kier molecular flexibility index (Phi) is 4.21. The monoisotopic (exact) mass is 318 g/mol. The zero-order valence-corrected chi connectivity index (χ0v) is 13.0. The summed E-state index contributed by atoms with van der Waals surface area (Å²) in [6, 6.07) is 12.1. The molecule has 0 spiro atoms. The summed E-state index contributed by atoms with van der Waals surface area (Å²) in [5.74, 6) is 7.95. The van der Waals surface area contributed by atoms with Crippen LogP contribution in [-0.4, -0.2) is 21.1 Å². The van der Waals surface area contributed by atoms with E-state index in [2.05, 4.69) is 40.7 Å². The molecule has 2 N–H and O–H groups in total. The van der Waals surface area contributed by atoms with Crippen LogP contribution < -0.4 is 5.84 Å². The van der Waals surface area contributed by atoms with E-state index in [9.17, 15) is 0 Å². The van der Waals surface area contributed by atoms with Crippen LogP contribution in [0.1, 0.15) is 5.56 Å². The van der Waals surface area contributed by atoms with Gasteiger partial charge in [0.05, 0.1) is 6.26 Å². The number of furan rings is 1. The van der Waals surface area contributed by atoms with E-state index in [0.29, 0.717) is 16.7 Å². The number of nitrogen functional groups attached to an aromatic ring is 1. The summed E-state index contributed by atoms with van der Waals surface area (Å²) in [7, 11) is 0. The van der Waals surface area contributed by atoms with Gasteiger partial charge in [-0.25, -0.2) is 4.68 Å². The third kappa shape index (κ3) is 3.08. The van der Waals surface area contributed by atoms with Crippen molar-refractivity contribution in [1.82, 2.24) is 14.9 Å². The van der Waals surface area contributed by atoms with Crippen LogP contribution in [0.2, 0.25) is 0 Å². The Morgan fingerprint density at radius 1 is 1.19 bits per heavy atom. The molecular weight excluding hydrogens is 304 g/mol. The van der Waals surface area contributed by atoms with E-state index in [4.69, 9.17) is 10.3 Å². The molecular formula is C14H14N4OS2. The third-order valence-electron chi connectivity index (χ3n) is 2.93. The quantitative estimate of drug-likeness (QED) is 0.575. The lowest BCUT2D eigenvalue weighted by atomic mass is 10.2. The third-order valence-corrected chi connectivity index (χ3v) is 4.69. The average Bonchev–Trinajstić information content (AvgIpc) is 3.15. The van der Waals surface area contributed by atoms with Gasteiger partial charge in [-0.1, -0.05) is 23.9 Å². The molecule has 21 heavy (non-hydrogen) atoms. The highest BCUT2D eigenvalue weighted by Crippen LogP contribution is 2.25. The molecule has 0 amide bonds. The van der Waals surface area contributed by atoms with Crippen LogP contribution in [0.3, 0.4) is 0 Å². The van der Waals surface area contributed by atoms with Crippen molar-refractivity contribution in [2.24, 2.45) is 0 Å². The van der Waals surface area contributed by atoms with E-state index in [1.54, 1.807) is 35.9 Å². The van der Waals surface area contributed by atoms with Crippen LogP contribution >= 0.6 is 23.5 Å². The Balaban J connectivity index is 1.70. The number of benzene rings is 1. The first-order chi connectivity index (χ1) is 10.3. The van der Waals surface area contributed by atoms with Crippen molar-refractivity contribution in [3.8, 4) is 11.6 Å². The molecule has 0 aliphatic rings. The molecule has 0 bridgehead atoms. The van der Waals surface area contributed by atoms with Gasteiger partial charge in [0.25, 0.3) is 0 Å². The first-order valence-corrected chi connectivity index (χ1v) is 8.49. The number of hydrogen-bond acceptors (Lipinski definition) is 6. The minimum Gasteiger partial charge on any atom is -0.461 e. The zero-order valence-electron chi connectivity index (χ0n) is 11.4. The Bertz CT molecular complexity index is 707. The molecule has 0 saturated heterocycles. The Morgan fingerprint density at radius 2 is 2.00 bits per heavy atom. The molecule has 2 aromatic heterocycles. The van der Waals surface area contributed by atoms with Crippen LogP contribution in [0.4, 0.5) is 0 Å². The number of nitrogens with zero attached hydrogens (tertiary/aromatic N) is 3. The van der Waals surface area contributed by atoms with E-state index >= 15 is 0 Å². The molecule has 3 rings (SSSR count). The van der Waals surface area contributed by atoms with Gasteiger partial charge in [-0.15, -0.1) is 22.0 Å². The van der Waals surface area contributed by atoms with Crippen LogP contribution in [-0.2, 0) is 5.75 Å². The van der Waals surface area contributed by atoms with Gasteiger partial charge in [-0.05, 0) is 36.1 Å². The highest BCUT2D eigenvalue weighted by molar-refractivity contribution is 7.98. The van der Waals surface area contributed by atoms with Gasteiger partial charge < -0.3 is 10.3 Å². The molecule has 0 saturated carbocycles. The Hall–Kier alpha value is -1.86. The molecule has 0 atom stereocenters. The topological polar surface area (TPSA) is 69.9 Å². The predicted octanol–water partition coefficient (Wildman–Crippen LogP) is 3.27. The van der Waals surface area contributed by atoms with E-state index < -0.39 is 0 Å². The summed E-state index contributed by atoms with van der Waals surface area (Å²) < 4.78 is 6.75. The molecule has 7 heteroatoms. The Labute approximate surface area is 130 Å². The second kappa shape index (κ2) is 6.28. The summed E-state index contributed by atoms with van der Waals surface area (Å²) >= 11 is 3.28. The molecule has 108 valence electrons. The molecule has 2 heterocycles. The van der Waals surface area contributed by atoms with Crippen molar-refractivity contribution in [2.75, 3.05) is 12.1 Å². The molecule has 0 aliphatic heterocycles. The molecule has 0 aliphatic carbocycles. The fourth-order valence-corrected chi connectivity index (χ4v) is 3.04. The maximum Gasteiger partial charge on any atom is 0.218 e. The minimum atomic E-state index is 0.528. The number of thioether (sulfide) groups is 2. The fraction of sp³-hybridized carbons (Fsp3) is 0.143. The molecule has 1 aromatic carbocycles. The molecule has 5 nitrogen and oxygen atoms in total. The molecule has 0 unspecified atom stereocenters. The first kappa shape index (κ1) is 14.1. The van der Waals surface area contributed by atoms with Gasteiger partial charge >= 0.3 is 0 Å². The van der Waals surface area contributed by atoms with Crippen LogP contribution in [0.25, 0.3) is 11.6 Å². The second-order valence-corrected chi connectivity index (χ2v) is 6.11. The van der Waals surface area contributed by atoms with Crippen molar-refractivity contribution < 1.29 is 4.42 Å². The number of hydrogen-bond donors (Lipinski definition) is 1. The average molecular weight is 318 g/mol. The maximum absolute atomic E-state index is 6.01. The number of rotatable bonds is 5. The minimum absolute atomic E-state index is 0.528. The van der Waals surface area contributed by atoms with Crippen LogP contribution in [0.15, 0.2) is 57.1 Å². The van der Waals surface area contributed by atoms with Gasteiger partial charge in [0.15, 0.2) is 5.76 Å². The van der Waals surface area contributed by atoms with Crippen molar-refractivity contribution in [3.63, 3.8) is 0 Å². The highest BCUT2D eigenvalue weighted by Gasteiger charge is 2.14. The molecule has 0 fully saturated rings. The van der Waals surface area contributed by atoms with Gasteiger partial charge in [-0.2, -0.15) is 0 Å². The Morgan fingerprint density at radius 3 is 2.67 bits per heavy atom. The highest BCUT2D eigenvalue weighted by atomic mass is 32.2. The number of aromatic nitrogens is 3. The normalized spacial score (nSPS) is 10.9. The molecule has 3 aromatic rings.